The maximum absolute atomic E-state index is 13.6. The average molecular weight is 271 g/mol. The maximum atomic E-state index is 13.6. The minimum Gasteiger partial charge on any atom is -0.380 e. The summed E-state index contributed by atoms with van der Waals surface area (Å²) < 4.78 is 39.7. The van der Waals surface area contributed by atoms with E-state index in [1.165, 1.54) is 6.42 Å². The monoisotopic (exact) mass is 271 g/mol. The lowest BCUT2D eigenvalue weighted by molar-refractivity contribution is 0.253. The molecule has 0 amide bonds. The van der Waals surface area contributed by atoms with Gasteiger partial charge >= 0.3 is 0 Å². The van der Waals surface area contributed by atoms with Gasteiger partial charge in [0.2, 0.25) is 0 Å². The van der Waals surface area contributed by atoms with Gasteiger partial charge in [0, 0.05) is 18.2 Å². The Balaban J connectivity index is 2.17. The van der Waals surface area contributed by atoms with Crippen LogP contribution in [0.15, 0.2) is 12.1 Å². The van der Waals surface area contributed by atoms with Gasteiger partial charge in [0.1, 0.15) is 5.82 Å². The largest absolute Gasteiger partial charge is 0.380 e. The lowest BCUT2D eigenvalue weighted by Gasteiger charge is -2.35. The summed E-state index contributed by atoms with van der Waals surface area (Å²) in [4.78, 5) is 0. The van der Waals surface area contributed by atoms with E-state index in [2.05, 4.69) is 19.2 Å². The molecule has 1 saturated carbocycles. The van der Waals surface area contributed by atoms with Crippen molar-refractivity contribution < 1.29 is 13.2 Å². The highest BCUT2D eigenvalue weighted by molar-refractivity contribution is 5.46. The first kappa shape index (κ1) is 14.2. The van der Waals surface area contributed by atoms with Gasteiger partial charge in [0.15, 0.2) is 11.6 Å². The summed E-state index contributed by atoms with van der Waals surface area (Å²) >= 11 is 0. The average Bonchev–Trinajstić information content (AvgIpc) is 2.36. The number of benzene rings is 1. The summed E-state index contributed by atoms with van der Waals surface area (Å²) in [5.74, 6) is -1.95. The fourth-order valence-electron chi connectivity index (χ4n) is 2.97. The molecule has 1 aliphatic rings. The first-order valence-electron chi connectivity index (χ1n) is 6.90. The smallest absolute Gasteiger partial charge is 0.161 e. The van der Waals surface area contributed by atoms with Crippen LogP contribution in [0.5, 0.6) is 0 Å². The molecule has 1 nitrogen and oxygen atoms in total. The summed E-state index contributed by atoms with van der Waals surface area (Å²) in [5.41, 5.74) is 0.0662. The Labute approximate surface area is 112 Å². The van der Waals surface area contributed by atoms with Gasteiger partial charge in [-0.2, -0.15) is 0 Å². The van der Waals surface area contributed by atoms with Gasteiger partial charge in [-0.1, -0.05) is 26.7 Å². The van der Waals surface area contributed by atoms with Crippen LogP contribution in [0.25, 0.3) is 0 Å². The maximum Gasteiger partial charge on any atom is 0.161 e. The number of hydrogen-bond acceptors (Lipinski definition) is 1. The summed E-state index contributed by atoms with van der Waals surface area (Å²) in [7, 11) is 0. The molecule has 2 unspecified atom stereocenters. The van der Waals surface area contributed by atoms with Crippen LogP contribution < -0.4 is 5.32 Å². The van der Waals surface area contributed by atoms with Gasteiger partial charge in [-0.25, -0.2) is 13.2 Å². The lowest BCUT2D eigenvalue weighted by Crippen LogP contribution is -2.35. The normalized spacial score (nSPS) is 23.7. The molecule has 106 valence electrons. The second-order valence-corrected chi connectivity index (χ2v) is 5.69. The van der Waals surface area contributed by atoms with Gasteiger partial charge in [0.05, 0.1) is 5.69 Å². The second kappa shape index (κ2) is 5.85. The number of hydrogen-bond donors (Lipinski definition) is 1. The molecule has 1 aliphatic carbocycles. The quantitative estimate of drug-likeness (QED) is 0.784. The molecule has 0 heterocycles. The van der Waals surface area contributed by atoms with Crippen LogP contribution in [-0.4, -0.2) is 6.04 Å². The van der Waals surface area contributed by atoms with Gasteiger partial charge in [-0.05, 0) is 24.7 Å². The van der Waals surface area contributed by atoms with Crippen LogP contribution in [0.1, 0.15) is 39.5 Å². The summed E-state index contributed by atoms with van der Waals surface area (Å²) in [6.07, 6.45) is 4.31. The van der Waals surface area contributed by atoms with Crippen LogP contribution >= 0.6 is 0 Å². The lowest BCUT2D eigenvalue weighted by atomic mass is 9.78. The minimum atomic E-state index is -1.15. The van der Waals surface area contributed by atoms with Crippen LogP contribution in [0, 0.1) is 29.3 Å². The summed E-state index contributed by atoms with van der Waals surface area (Å²) in [6.45, 7) is 4.29. The van der Waals surface area contributed by atoms with E-state index in [9.17, 15) is 13.2 Å². The van der Waals surface area contributed by atoms with Crippen molar-refractivity contribution in [3.8, 4) is 0 Å². The molecule has 0 saturated heterocycles. The molecule has 0 bridgehead atoms. The highest BCUT2D eigenvalue weighted by Gasteiger charge is 2.28. The number of nitrogens with one attached hydrogen (secondary N) is 1. The Morgan fingerprint density at radius 3 is 2.32 bits per heavy atom. The molecule has 1 aromatic rings. The highest BCUT2D eigenvalue weighted by atomic mass is 19.2. The molecular formula is C15H20F3N. The third-order valence-corrected chi connectivity index (χ3v) is 4.03. The van der Waals surface area contributed by atoms with Gasteiger partial charge in [-0.15, -0.1) is 0 Å². The van der Waals surface area contributed by atoms with Gasteiger partial charge in [-0.3, -0.25) is 0 Å². The Morgan fingerprint density at radius 1 is 1.00 bits per heavy atom. The van der Waals surface area contributed by atoms with E-state index in [0.717, 1.165) is 25.3 Å². The number of anilines is 1. The standard InChI is InChI=1S/C15H20F3N/c1-9(2)10-5-3-4-6-14(10)19-15-8-12(17)11(16)7-13(15)18/h7-10,14,19H,3-6H2,1-2H3. The van der Waals surface area contributed by atoms with Crippen LogP contribution in [0.3, 0.4) is 0 Å². The molecule has 0 aromatic heterocycles. The minimum absolute atomic E-state index is 0.0662. The molecule has 0 spiro atoms. The molecule has 1 aromatic carbocycles. The van der Waals surface area contributed by atoms with Crippen molar-refractivity contribution in [3.63, 3.8) is 0 Å². The van der Waals surface area contributed by atoms with Crippen molar-refractivity contribution >= 4 is 5.69 Å². The number of rotatable bonds is 3. The SMILES string of the molecule is CC(C)C1CCCCC1Nc1cc(F)c(F)cc1F. The first-order chi connectivity index (χ1) is 8.99. The summed E-state index contributed by atoms with van der Waals surface area (Å²) in [5, 5.41) is 3.07. The van der Waals surface area contributed by atoms with Crippen LogP contribution in [-0.2, 0) is 0 Å². The zero-order valence-corrected chi connectivity index (χ0v) is 11.3. The van der Waals surface area contributed by atoms with E-state index in [4.69, 9.17) is 0 Å². The van der Waals surface area contributed by atoms with Gasteiger partial charge < -0.3 is 5.32 Å². The van der Waals surface area contributed by atoms with E-state index in [0.29, 0.717) is 17.9 Å². The summed E-state index contributed by atoms with van der Waals surface area (Å²) in [6, 6.07) is 1.65. The van der Waals surface area contributed by atoms with E-state index in [-0.39, 0.29) is 11.7 Å². The van der Waals surface area contributed by atoms with Crippen molar-refractivity contribution in [1.29, 1.82) is 0 Å². The predicted molar refractivity (Wildman–Crippen MR) is 70.5 cm³/mol. The van der Waals surface area contributed by atoms with Crippen molar-refractivity contribution in [1.82, 2.24) is 0 Å². The molecule has 1 N–H and O–H groups in total. The zero-order valence-electron chi connectivity index (χ0n) is 11.3. The molecule has 1 fully saturated rings. The van der Waals surface area contributed by atoms with E-state index < -0.39 is 17.5 Å². The number of halogens is 3. The topological polar surface area (TPSA) is 12.0 Å². The predicted octanol–water partition coefficient (Wildman–Crippen LogP) is 4.73. The molecule has 2 atom stereocenters. The van der Waals surface area contributed by atoms with Gasteiger partial charge in [0.25, 0.3) is 0 Å². The molecule has 19 heavy (non-hydrogen) atoms. The van der Waals surface area contributed by atoms with E-state index >= 15 is 0 Å². The Bertz CT molecular complexity index is 445. The first-order valence-corrected chi connectivity index (χ1v) is 6.90. The van der Waals surface area contributed by atoms with E-state index in [1.54, 1.807) is 0 Å². The molecular weight excluding hydrogens is 251 g/mol. The fraction of sp³-hybridized carbons (Fsp3) is 0.600. The fourth-order valence-corrected chi connectivity index (χ4v) is 2.97. The third kappa shape index (κ3) is 3.23. The molecule has 0 radical (unpaired) electrons. The Hall–Kier alpha value is -1.19. The van der Waals surface area contributed by atoms with Crippen LogP contribution in [0.4, 0.5) is 18.9 Å². The molecule has 4 heteroatoms. The van der Waals surface area contributed by atoms with Crippen molar-refractivity contribution in [2.75, 3.05) is 5.32 Å². The Kier molecular flexibility index (Phi) is 4.38. The molecule has 0 aliphatic heterocycles. The zero-order chi connectivity index (χ0) is 14.0. The van der Waals surface area contributed by atoms with Crippen molar-refractivity contribution in [2.45, 2.75) is 45.6 Å². The second-order valence-electron chi connectivity index (χ2n) is 5.69. The third-order valence-electron chi connectivity index (χ3n) is 4.03. The van der Waals surface area contributed by atoms with Crippen molar-refractivity contribution in [3.05, 3.63) is 29.6 Å². The molecule has 2 rings (SSSR count). The van der Waals surface area contributed by atoms with E-state index in [1.807, 2.05) is 0 Å². The van der Waals surface area contributed by atoms with Crippen molar-refractivity contribution in [2.24, 2.45) is 11.8 Å². The highest BCUT2D eigenvalue weighted by Crippen LogP contribution is 2.33. The van der Waals surface area contributed by atoms with Crippen LogP contribution in [0.2, 0.25) is 0 Å². The Morgan fingerprint density at radius 2 is 1.63 bits per heavy atom.